The Balaban J connectivity index is 1.88. The number of anilines is 1. The number of carbonyl (C=O) groups is 1. The van der Waals surface area contributed by atoms with Crippen molar-refractivity contribution in [1.29, 1.82) is 0 Å². The van der Waals surface area contributed by atoms with E-state index in [1.807, 2.05) is 17.5 Å². The molecule has 1 N–H and O–H groups in total. The normalized spacial score (nSPS) is 10.1. The van der Waals surface area contributed by atoms with Crippen LogP contribution >= 0.6 is 34.5 Å². The number of hydrogen-bond donors (Lipinski definition) is 1. The predicted octanol–water partition coefficient (Wildman–Crippen LogP) is 4.80. The number of nitrogens with one attached hydrogen (secondary N) is 1. The number of rotatable bonds is 3. The monoisotopic (exact) mass is 301 g/mol. The van der Waals surface area contributed by atoms with Crippen LogP contribution in [0.15, 0.2) is 35.7 Å². The van der Waals surface area contributed by atoms with Gasteiger partial charge in [0.2, 0.25) is 0 Å². The van der Waals surface area contributed by atoms with Crippen molar-refractivity contribution in [3.63, 3.8) is 0 Å². The van der Waals surface area contributed by atoms with E-state index < -0.39 is 6.09 Å². The van der Waals surface area contributed by atoms with Gasteiger partial charge in [0.1, 0.15) is 6.61 Å². The van der Waals surface area contributed by atoms with Gasteiger partial charge >= 0.3 is 6.09 Å². The van der Waals surface area contributed by atoms with Crippen LogP contribution in [0, 0.1) is 0 Å². The van der Waals surface area contributed by atoms with E-state index in [2.05, 4.69) is 5.32 Å². The summed E-state index contributed by atoms with van der Waals surface area (Å²) in [4.78, 5) is 12.5. The summed E-state index contributed by atoms with van der Waals surface area (Å²) in [5, 5.41) is 5.32. The molecule has 0 atom stereocenters. The molecular formula is C12H9Cl2NO2S. The molecule has 1 amide bonds. The Kier molecular flexibility index (Phi) is 4.47. The highest BCUT2D eigenvalue weighted by Crippen LogP contribution is 2.25. The zero-order valence-corrected chi connectivity index (χ0v) is 11.5. The first-order chi connectivity index (χ1) is 8.65. The van der Waals surface area contributed by atoms with Crippen LogP contribution in [0.25, 0.3) is 0 Å². The van der Waals surface area contributed by atoms with Crippen molar-refractivity contribution in [1.82, 2.24) is 0 Å². The molecule has 3 nitrogen and oxygen atoms in total. The van der Waals surface area contributed by atoms with Crippen LogP contribution in [0.2, 0.25) is 10.0 Å². The maximum atomic E-state index is 11.5. The number of carbonyl (C=O) groups excluding carboxylic acids is 1. The fraction of sp³-hybridized carbons (Fsp3) is 0.0833. The van der Waals surface area contributed by atoms with Crippen LogP contribution in [0.4, 0.5) is 10.5 Å². The molecule has 18 heavy (non-hydrogen) atoms. The second kappa shape index (κ2) is 6.09. The molecule has 0 bridgehead atoms. The second-order valence-corrected chi connectivity index (χ2v) is 5.26. The minimum absolute atomic E-state index is 0.255. The van der Waals surface area contributed by atoms with Gasteiger partial charge < -0.3 is 4.74 Å². The van der Waals surface area contributed by atoms with Crippen molar-refractivity contribution in [2.75, 3.05) is 5.32 Å². The summed E-state index contributed by atoms with van der Waals surface area (Å²) in [6.45, 7) is 0.255. The Morgan fingerprint density at radius 2 is 2.11 bits per heavy atom. The Bertz CT molecular complexity index is 543. The number of thiophene rings is 1. The minimum atomic E-state index is -0.526. The van der Waals surface area contributed by atoms with Crippen LogP contribution < -0.4 is 5.32 Å². The Hall–Kier alpha value is -1.23. The van der Waals surface area contributed by atoms with Crippen molar-refractivity contribution in [3.05, 3.63) is 50.6 Å². The van der Waals surface area contributed by atoms with Crippen LogP contribution in [0.1, 0.15) is 4.88 Å². The molecule has 0 aliphatic rings. The lowest BCUT2D eigenvalue weighted by molar-refractivity contribution is 0.156. The van der Waals surface area contributed by atoms with Gasteiger partial charge in [-0.1, -0.05) is 29.3 Å². The first-order valence-electron chi connectivity index (χ1n) is 5.06. The maximum Gasteiger partial charge on any atom is 0.411 e. The predicted molar refractivity (Wildman–Crippen MR) is 74.6 cm³/mol. The maximum absolute atomic E-state index is 11.5. The Morgan fingerprint density at radius 1 is 1.28 bits per heavy atom. The van der Waals surface area contributed by atoms with Crippen LogP contribution in [0.5, 0.6) is 0 Å². The van der Waals surface area contributed by atoms with Gasteiger partial charge in [-0.15, -0.1) is 11.3 Å². The highest BCUT2D eigenvalue weighted by molar-refractivity contribution is 7.09. The summed E-state index contributed by atoms with van der Waals surface area (Å²) in [6, 6.07) is 8.63. The zero-order valence-electron chi connectivity index (χ0n) is 9.15. The lowest BCUT2D eigenvalue weighted by Crippen LogP contribution is -2.13. The van der Waals surface area contributed by atoms with Gasteiger partial charge in [0.25, 0.3) is 0 Å². The fourth-order valence-corrected chi connectivity index (χ4v) is 2.17. The molecule has 0 saturated heterocycles. The van der Waals surface area contributed by atoms with Crippen molar-refractivity contribution in [2.45, 2.75) is 6.61 Å². The van der Waals surface area contributed by atoms with Crippen LogP contribution in [0.3, 0.4) is 0 Å². The third kappa shape index (κ3) is 3.63. The lowest BCUT2D eigenvalue weighted by Gasteiger charge is -2.06. The molecule has 1 aromatic carbocycles. The Morgan fingerprint density at radius 3 is 2.78 bits per heavy atom. The van der Waals surface area contributed by atoms with Gasteiger partial charge in [0.05, 0.1) is 10.0 Å². The highest BCUT2D eigenvalue weighted by atomic mass is 35.5. The molecule has 0 radical (unpaired) electrons. The third-order valence-electron chi connectivity index (χ3n) is 2.09. The number of halogens is 2. The van der Waals surface area contributed by atoms with Gasteiger partial charge in [0.15, 0.2) is 0 Å². The van der Waals surface area contributed by atoms with Crippen LogP contribution in [-0.4, -0.2) is 6.09 Å². The van der Waals surface area contributed by atoms with E-state index in [-0.39, 0.29) is 6.61 Å². The molecule has 0 unspecified atom stereocenters. The lowest BCUT2D eigenvalue weighted by atomic mass is 10.3. The molecule has 1 aromatic heterocycles. The van der Waals surface area contributed by atoms with Crippen molar-refractivity contribution in [2.24, 2.45) is 0 Å². The summed E-state index contributed by atoms with van der Waals surface area (Å²) in [6.07, 6.45) is -0.526. The first kappa shape index (κ1) is 13.2. The fourth-order valence-electron chi connectivity index (χ4n) is 1.26. The number of benzene rings is 1. The van der Waals surface area contributed by atoms with E-state index >= 15 is 0 Å². The smallest absolute Gasteiger partial charge is 0.411 e. The molecule has 0 aliphatic heterocycles. The van der Waals surface area contributed by atoms with E-state index in [9.17, 15) is 4.79 Å². The first-order valence-corrected chi connectivity index (χ1v) is 6.70. The van der Waals surface area contributed by atoms with Gasteiger partial charge in [-0.25, -0.2) is 4.79 Å². The highest BCUT2D eigenvalue weighted by Gasteiger charge is 2.06. The molecule has 0 aliphatic carbocycles. The summed E-state index contributed by atoms with van der Waals surface area (Å²) in [5.41, 5.74) is 0.542. The van der Waals surface area contributed by atoms with Crippen molar-refractivity contribution < 1.29 is 9.53 Å². The van der Waals surface area contributed by atoms with E-state index in [1.54, 1.807) is 18.2 Å². The average molecular weight is 302 g/mol. The van der Waals surface area contributed by atoms with Crippen LogP contribution in [-0.2, 0) is 11.3 Å². The summed E-state index contributed by atoms with van der Waals surface area (Å²) >= 11 is 13.1. The average Bonchev–Trinajstić information content (AvgIpc) is 2.84. The van der Waals surface area contributed by atoms with Gasteiger partial charge in [-0.05, 0) is 29.6 Å². The van der Waals surface area contributed by atoms with E-state index in [4.69, 9.17) is 27.9 Å². The molecule has 1 heterocycles. The third-order valence-corrected chi connectivity index (χ3v) is 3.68. The molecule has 0 saturated carbocycles. The molecule has 2 aromatic rings. The Labute approximate surface area is 118 Å². The zero-order chi connectivity index (χ0) is 13.0. The molecule has 6 heteroatoms. The molecule has 0 fully saturated rings. The van der Waals surface area contributed by atoms with E-state index in [1.165, 1.54) is 11.3 Å². The summed E-state index contributed by atoms with van der Waals surface area (Å²) in [7, 11) is 0. The molecule has 0 spiro atoms. The van der Waals surface area contributed by atoms with E-state index in [0.29, 0.717) is 15.7 Å². The van der Waals surface area contributed by atoms with Gasteiger partial charge in [0, 0.05) is 10.6 Å². The summed E-state index contributed by atoms with van der Waals surface area (Å²) in [5.74, 6) is 0. The number of amides is 1. The second-order valence-electron chi connectivity index (χ2n) is 3.41. The van der Waals surface area contributed by atoms with Gasteiger partial charge in [-0.2, -0.15) is 0 Å². The summed E-state index contributed by atoms with van der Waals surface area (Å²) < 4.78 is 5.04. The number of ether oxygens (including phenoxy) is 1. The topological polar surface area (TPSA) is 38.3 Å². The van der Waals surface area contributed by atoms with Crippen molar-refractivity contribution >= 4 is 46.3 Å². The number of hydrogen-bond acceptors (Lipinski definition) is 3. The van der Waals surface area contributed by atoms with Gasteiger partial charge in [-0.3, -0.25) is 5.32 Å². The standard InChI is InChI=1S/C12H9Cl2NO2S/c13-10-4-3-8(6-11(10)14)15-12(16)17-7-9-2-1-5-18-9/h1-6H,7H2,(H,15,16). The quantitative estimate of drug-likeness (QED) is 0.884. The van der Waals surface area contributed by atoms with E-state index in [0.717, 1.165) is 4.88 Å². The molecular weight excluding hydrogens is 293 g/mol. The SMILES string of the molecule is O=C(Nc1ccc(Cl)c(Cl)c1)OCc1cccs1. The molecule has 2 rings (SSSR count). The molecule has 94 valence electrons. The largest absolute Gasteiger partial charge is 0.444 e. The van der Waals surface area contributed by atoms with Crippen molar-refractivity contribution in [3.8, 4) is 0 Å². The minimum Gasteiger partial charge on any atom is -0.444 e.